The molecule has 0 aliphatic heterocycles. The summed E-state index contributed by atoms with van der Waals surface area (Å²) >= 11 is 9.51. The summed E-state index contributed by atoms with van der Waals surface area (Å²) in [5.41, 5.74) is 5.13. The van der Waals surface area contributed by atoms with Gasteiger partial charge in [0, 0.05) is 29.1 Å². The van der Waals surface area contributed by atoms with Gasteiger partial charge in [0.2, 0.25) is 5.75 Å². The van der Waals surface area contributed by atoms with Gasteiger partial charge in [0.1, 0.15) is 11.4 Å². The van der Waals surface area contributed by atoms with E-state index in [1.54, 1.807) is 50.6 Å². The maximum atomic E-state index is 11.2. The van der Waals surface area contributed by atoms with Gasteiger partial charge in [0.25, 0.3) is 11.6 Å². The number of nitrogens with one attached hydrogen (secondary N) is 1. The van der Waals surface area contributed by atoms with Crippen LogP contribution < -0.4 is 28.2 Å². The van der Waals surface area contributed by atoms with E-state index in [1.807, 2.05) is 0 Å². The molecule has 0 atom stereocenters. The van der Waals surface area contributed by atoms with Crippen molar-refractivity contribution in [2.45, 2.75) is 13.8 Å². The van der Waals surface area contributed by atoms with Crippen LogP contribution in [0.1, 0.15) is 45.3 Å². The molecule has 1 aromatic carbocycles. The van der Waals surface area contributed by atoms with Gasteiger partial charge in [-0.25, -0.2) is 9.59 Å². The van der Waals surface area contributed by atoms with Crippen molar-refractivity contribution >= 4 is 77.0 Å². The van der Waals surface area contributed by atoms with Gasteiger partial charge in [-0.15, -0.1) is 0 Å². The van der Waals surface area contributed by atoms with Gasteiger partial charge < -0.3 is 36.7 Å². The van der Waals surface area contributed by atoms with Crippen LogP contribution >= 0.6 is 47.8 Å². The SMILES string of the molecule is CCOC(=O)c1[nH]ccc1Br.CCOC(=O)c1c(Br)ccn1N.NC(=O)c1c(Br)ccn1N.NOc1ccc([N+](=O)[O-])cc1[N+](=O)[O-]. The maximum absolute atomic E-state index is 11.2. The van der Waals surface area contributed by atoms with E-state index in [1.165, 1.54) is 9.35 Å². The lowest BCUT2D eigenvalue weighted by Gasteiger charge is -2.02. The minimum atomic E-state index is -0.810. The Morgan fingerprint density at radius 3 is 1.72 bits per heavy atom. The second kappa shape index (κ2) is 19.6. The molecule has 0 bridgehead atoms. The number of aromatic nitrogens is 3. The molecule has 254 valence electrons. The summed E-state index contributed by atoms with van der Waals surface area (Å²) in [4.78, 5) is 58.9. The Morgan fingerprint density at radius 2 is 1.36 bits per heavy atom. The van der Waals surface area contributed by atoms with Crippen LogP contribution in [0.25, 0.3) is 0 Å². The summed E-state index contributed by atoms with van der Waals surface area (Å²) in [6.07, 6.45) is 4.80. The van der Waals surface area contributed by atoms with Crippen LogP contribution in [-0.2, 0) is 9.47 Å². The molecule has 0 aliphatic rings. The number of primary amides is 1. The smallest absolute Gasteiger partial charge is 0.358 e. The highest BCUT2D eigenvalue weighted by molar-refractivity contribution is 9.11. The highest BCUT2D eigenvalue weighted by Crippen LogP contribution is 2.30. The van der Waals surface area contributed by atoms with Crippen molar-refractivity contribution in [3.05, 3.63) is 106 Å². The van der Waals surface area contributed by atoms with Crippen LogP contribution in [0.3, 0.4) is 0 Å². The fraction of sp³-hybridized carbons (Fsp3) is 0.160. The number of esters is 2. The summed E-state index contributed by atoms with van der Waals surface area (Å²) in [5, 5.41) is 20.7. The third-order valence-electron chi connectivity index (χ3n) is 5.09. The fourth-order valence-corrected chi connectivity index (χ4v) is 4.48. The number of nitrogens with two attached hydrogens (primary N) is 4. The number of nitro groups is 2. The first-order chi connectivity index (χ1) is 22.1. The highest BCUT2D eigenvalue weighted by atomic mass is 79.9. The number of carbonyl (C=O) groups is 3. The second-order valence-electron chi connectivity index (χ2n) is 8.13. The quantitative estimate of drug-likeness (QED) is 0.0728. The monoisotopic (exact) mass is 851 g/mol. The minimum absolute atomic E-state index is 0.222. The summed E-state index contributed by atoms with van der Waals surface area (Å²) in [6, 6.07) is 8.01. The summed E-state index contributed by atoms with van der Waals surface area (Å²) in [5.74, 6) is 14.0. The summed E-state index contributed by atoms with van der Waals surface area (Å²) < 4.78 is 13.9. The Kier molecular flexibility index (Phi) is 16.7. The molecule has 1 amide bonds. The number of nitrogen functional groups attached to an aromatic ring is 2. The van der Waals surface area contributed by atoms with Crippen LogP contribution in [0.2, 0.25) is 0 Å². The molecule has 22 heteroatoms. The predicted molar refractivity (Wildman–Crippen MR) is 178 cm³/mol. The lowest BCUT2D eigenvalue weighted by Crippen LogP contribution is -2.21. The van der Waals surface area contributed by atoms with Crippen molar-refractivity contribution < 1.29 is 38.5 Å². The average Bonchev–Trinajstić information content (AvgIpc) is 3.70. The minimum Gasteiger partial charge on any atom is -0.461 e. The first-order valence-electron chi connectivity index (χ1n) is 12.6. The molecule has 0 unspecified atom stereocenters. The standard InChI is InChI=1S/C7H9BrN2O2.C7H8BrNO2.C6H5N3O5.C5H6BrN3O/c1-2-12-7(11)6-5(8)3-4-10(6)9;1-2-11-7(10)6-5(8)3-4-9-6;7-14-6-2-1-4(8(10)11)3-5(6)9(12)13;6-3-1-2-9(8)4(3)5(7)10/h3-4H,2,9H2,1H3;3-4,9H,2H2,1H3;1-3H,7H2;1-2H,8H2,(H2,7,10). The number of H-pyrrole nitrogens is 1. The molecule has 47 heavy (non-hydrogen) atoms. The third-order valence-corrected chi connectivity index (χ3v) is 7.03. The zero-order valence-corrected chi connectivity index (χ0v) is 29.2. The normalized spacial score (nSPS) is 9.66. The summed E-state index contributed by atoms with van der Waals surface area (Å²) in [6.45, 7) is 4.26. The van der Waals surface area contributed by atoms with Crippen LogP contribution in [0.5, 0.6) is 5.75 Å². The number of rotatable bonds is 8. The number of hydrogen-bond acceptors (Lipinski definition) is 13. The van der Waals surface area contributed by atoms with Crippen molar-refractivity contribution in [2.24, 2.45) is 11.6 Å². The Morgan fingerprint density at radius 1 is 0.830 bits per heavy atom. The molecule has 19 nitrogen and oxygen atoms in total. The van der Waals surface area contributed by atoms with Gasteiger partial charge in [-0.1, -0.05) is 0 Å². The third kappa shape index (κ3) is 12.1. The number of ether oxygens (including phenoxy) is 2. The number of nitro benzene ring substituents is 2. The molecule has 3 heterocycles. The van der Waals surface area contributed by atoms with Gasteiger partial charge in [0.15, 0.2) is 5.69 Å². The molecular weight excluding hydrogens is 826 g/mol. The lowest BCUT2D eigenvalue weighted by atomic mass is 10.2. The molecule has 0 aliphatic carbocycles. The molecule has 0 spiro atoms. The number of nitrogens with zero attached hydrogens (tertiary/aromatic N) is 4. The zero-order valence-electron chi connectivity index (χ0n) is 24.4. The van der Waals surface area contributed by atoms with Crippen molar-refractivity contribution in [1.82, 2.24) is 14.3 Å². The highest BCUT2D eigenvalue weighted by Gasteiger charge is 2.20. The van der Waals surface area contributed by atoms with Crippen molar-refractivity contribution in [1.29, 1.82) is 0 Å². The van der Waals surface area contributed by atoms with E-state index in [4.69, 9.17) is 32.8 Å². The fourth-order valence-electron chi connectivity index (χ4n) is 3.06. The van der Waals surface area contributed by atoms with E-state index in [0.29, 0.717) is 33.5 Å². The van der Waals surface area contributed by atoms with E-state index in [0.717, 1.165) is 22.7 Å². The van der Waals surface area contributed by atoms with E-state index in [2.05, 4.69) is 57.6 Å². The number of carbonyl (C=O) groups excluding carboxylic acids is 3. The molecule has 0 saturated carbocycles. The van der Waals surface area contributed by atoms with Gasteiger partial charge in [-0.3, -0.25) is 34.4 Å². The number of hydrogen-bond donors (Lipinski definition) is 5. The number of benzene rings is 1. The van der Waals surface area contributed by atoms with Crippen LogP contribution in [0, 0.1) is 20.2 Å². The second-order valence-corrected chi connectivity index (χ2v) is 10.7. The summed E-state index contributed by atoms with van der Waals surface area (Å²) in [7, 11) is 0. The van der Waals surface area contributed by atoms with Crippen LogP contribution in [0.15, 0.2) is 68.4 Å². The van der Waals surface area contributed by atoms with E-state index >= 15 is 0 Å². The van der Waals surface area contributed by atoms with E-state index in [9.17, 15) is 34.6 Å². The number of amides is 1. The largest absolute Gasteiger partial charge is 0.461 e. The predicted octanol–water partition coefficient (Wildman–Crippen LogP) is 3.91. The van der Waals surface area contributed by atoms with Crippen molar-refractivity contribution in [2.75, 3.05) is 24.9 Å². The Labute approximate surface area is 290 Å². The van der Waals surface area contributed by atoms with Crippen LogP contribution in [0.4, 0.5) is 11.4 Å². The number of halogens is 3. The molecular formula is C25H28Br3N9O10. The maximum Gasteiger partial charge on any atom is 0.358 e. The number of aromatic amines is 1. The lowest BCUT2D eigenvalue weighted by molar-refractivity contribution is -0.394. The topological polar surface area (TPSA) is 295 Å². The average molecular weight is 854 g/mol. The molecule has 4 rings (SSSR count). The molecule has 0 fully saturated rings. The van der Waals surface area contributed by atoms with Crippen LogP contribution in [-0.4, -0.2) is 55.2 Å². The molecule has 3 aromatic heterocycles. The van der Waals surface area contributed by atoms with E-state index < -0.39 is 33.1 Å². The van der Waals surface area contributed by atoms with E-state index in [-0.39, 0.29) is 17.4 Å². The molecule has 0 saturated heterocycles. The van der Waals surface area contributed by atoms with Gasteiger partial charge >= 0.3 is 17.6 Å². The Hall–Kier alpha value is -4.93. The zero-order chi connectivity index (χ0) is 35.8. The Balaban J connectivity index is 0.000000316. The molecule has 0 radical (unpaired) electrons. The number of non-ortho nitro benzene ring substituents is 1. The molecule has 9 N–H and O–H groups in total. The Bertz CT molecular complexity index is 1670. The first kappa shape index (κ1) is 40.1. The van der Waals surface area contributed by atoms with Gasteiger partial charge in [-0.2, -0.15) is 5.90 Å². The van der Waals surface area contributed by atoms with Gasteiger partial charge in [0.05, 0.1) is 38.1 Å². The van der Waals surface area contributed by atoms with Gasteiger partial charge in [-0.05, 0) is 85.9 Å². The molecule has 4 aromatic rings. The first-order valence-corrected chi connectivity index (χ1v) is 15.0. The van der Waals surface area contributed by atoms with Crippen molar-refractivity contribution in [3.8, 4) is 5.75 Å². The van der Waals surface area contributed by atoms with Crippen molar-refractivity contribution in [3.63, 3.8) is 0 Å².